The van der Waals surface area contributed by atoms with E-state index in [0.29, 0.717) is 11.7 Å². The van der Waals surface area contributed by atoms with Gasteiger partial charge in [0.25, 0.3) is 0 Å². The van der Waals surface area contributed by atoms with E-state index in [1.54, 1.807) is 0 Å². The van der Waals surface area contributed by atoms with E-state index in [2.05, 4.69) is 37.8 Å². The van der Waals surface area contributed by atoms with Crippen LogP contribution >= 0.6 is 0 Å². The quantitative estimate of drug-likeness (QED) is 0.902. The summed E-state index contributed by atoms with van der Waals surface area (Å²) in [5.41, 5.74) is 9.14. The number of nitrogens with two attached hydrogens (primary N) is 1. The van der Waals surface area contributed by atoms with Crippen molar-refractivity contribution in [1.29, 1.82) is 0 Å². The van der Waals surface area contributed by atoms with Gasteiger partial charge < -0.3 is 15.1 Å². The van der Waals surface area contributed by atoms with Crippen molar-refractivity contribution in [2.45, 2.75) is 26.2 Å². The fourth-order valence-electron chi connectivity index (χ4n) is 2.09. The summed E-state index contributed by atoms with van der Waals surface area (Å²) in [5, 5.41) is 0.987. The van der Waals surface area contributed by atoms with Crippen LogP contribution in [-0.2, 0) is 6.42 Å². The molecule has 0 amide bonds. The van der Waals surface area contributed by atoms with Gasteiger partial charge in [-0.15, -0.1) is 0 Å². The third kappa shape index (κ3) is 2.34. The van der Waals surface area contributed by atoms with Crippen LogP contribution in [0.25, 0.3) is 11.0 Å². The first-order chi connectivity index (χ1) is 8.50. The summed E-state index contributed by atoms with van der Waals surface area (Å²) in [6.07, 6.45) is 4.56. The van der Waals surface area contributed by atoms with E-state index >= 15 is 0 Å². The number of furan rings is 1. The molecule has 18 heavy (non-hydrogen) atoms. The highest BCUT2D eigenvalue weighted by Crippen LogP contribution is 2.32. The topological polar surface area (TPSA) is 55.3 Å². The zero-order valence-corrected chi connectivity index (χ0v) is 11.5. The summed E-state index contributed by atoms with van der Waals surface area (Å²) in [4.78, 5) is 6.45. The van der Waals surface area contributed by atoms with Gasteiger partial charge in [0.05, 0.1) is 11.6 Å². The van der Waals surface area contributed by atoms with Crippen LogP contribution in [0, 0.1) is 0 Å². The summed E-state index contributed by atoms with van der Waals surface area (Å²) in [5.74, 6) is 0.954. The molecule has 0 radical (unpaired) electrons. The summed E-state index contributed by atoms with van der Waals surface area (Å²) in [6.45, 7) is 5.24. The van der Waals surface area contributed by atoms with E-state index in [9.17, 15) is 0 Å². The maximum Gasteiger partial charge on any atom is 0.142 e. The van der Waals surface area contributed by atoms with Gasteiger partial charge in [0.15, 0.2) is 0 Å². The Morgan fingerprint density at radius 1 is 1.39 bits per heavy atom. The molecule has 0 bridgehead atoms. The minimum Gasteiger partial charge on any atom is -0.464 e. The molecule has 0 unspecified atom stereocenters. The lowest BCUT2D eigenvalue weighted by molar-refractivity contribution is 0.413. The lowest BCUT2D eigenvalue weighted by Gasteiger charge is -2.10. The zero-order valence-electron chi connectivity index (χ0n) is 11.5. The van der Waals surface area contributed by atoms with E-state index in [-0.39, 0.29) is 0 Å². The highest BCUT2D eigenvalue weighted by Gasteiger charge is 2.16. The minimum absolute atomic E-state index is 0.388. The number of fused-ring (bicyclic) bond motifs is 1. The molecule has 0 aliphatic carbocycles. The average Bonchev–Trinajstić information content (AvgIpc) is 2.73. The molecule has 0 saturated heterocycles. The predicted octanol–water partition coefficient (Wildman–Crippen LogP) is 2.64. The first kappa shape index (κ1) is 12.9. The average molecular weight is 247 g/mol. The zero-order chi connectivity index (χ0) is 13.3. The summed E-state index contributed by atoms with van der Waals surface area (Å²) in [7, 11) is 4.12. The number of hydrogen-bond acceptors (Lipinski definition) is 4. The second kappa shape index (κ2) is 4.98. The molecule has 0 saturated carbocycles. The van der Waals surface area contributed by atoms with E-state index in [0.717, 1.165) is 35.1 Å². The van der Waals surface area contributed by atoms with Crippen LogP contribution in [0.5, 0.6) is 0 Å². The molecule has 0 fully saturated rings. The van der Waals surface area contributed by atoms with Gasteiger partial charge in [-0.3, -0.25) is 0 Å². The van der Waals surface area contributed by atoms with E-state index in [1.807, 2.05) is 12.5 Å². The van der Waals surface area contributed by atoms with Crippen molar-refractivity contribution in [3.63, 3.8) is 0 Å². The van der Waals surface area contributed by atoms with Crippen LogP contribution in [0.1, 0.15) is 30.9 Å². The van der Waals surface area contributed by atoms with Crippen molar-refractivity contribution < 1.29 is 4.42 Å². The molecule has 2 rings (SSSR count). The molecule has 4 heteroatoms. The number of nitrogens with zero attached hydrogens (tertiary/aromatic N) is 2. The van der Waals surface area contributed by atoms with Gasteiger partial charge in [-0.05, 0) is 26.4 Å². The van der Waals surface area contributed by atoms with Gasteiger partial charge in [-0.2, -0.15) is 0 Å². The molecular formula is C14H21N3O. The Labute approximate surface area is 108 Å². The van der Waals surface area contributed by atoms with Crippen molar-refractivity contribution in [3.8, 4) is 0 Å². The highest BCUT2D eigenvalue weighted by molar-refractivity contribution is 5.92. The van der Waals surface area contributed by atoms with Crippen LogP contribution < -0.4 is 5.73 Å². The van der Waals surface area contributed by atoms with Crippen molar-refractivity contribution in [2.75, 3.05) is 26.4 Å². The normalized spacial score (nSPS) is 11.9. The van der Waals surface area contributed by atoms with E-state index < -0.39 is 0 Å². The fraction of sp³-hybridized carbons (Fsp3) is 0.500. The Bertz CT molecular complexity index is 543. The second-order valence-corrected chi connectivity index (χ2v) is 5.27. The number of nitrogen functional groups attached to an aromatic ring is 1. The Hall–Kier alpha value is -1.55. The lowest BCUT2D eigenvalue weighted by Crippen LogP contribution is -2.15. The van der Waals surface area contributed by atoms with Crippen LogP contribution in [0.15, 0.2) is 16.9 Å². The third-order valence-corrected chi connectivity index (χ3v) is 3.18. The molecule has 2 aromatic heterocycles. The summed E-state index contributed by atoms with van der Waals surface area (Å²) >= 11 is 0. The Balaban J connectivity index is 2.47. The first-order valence-electron chi connectivity index (χ1n) is 6.30. The molecule has 0 aromatic carbocycles. The van der Waals surface area contributed by atoms with Crippen LogP contribution in [0.2, 0.25) is 0 Å². The van der Waals surface area contributed by atoms with Gasteiger partial charge in [0.1, 0.15) is 11.4 Å². The maximum absolute atomic E-state index is 5.98. The van der Waals surface area contributed by atoms with Gasteiger partial charge in [0, 0.05) is 23.9 Å². The molecule has 2 heterocycles. The Morgan fingerprint density at radius 2 is 2.11 bits per heavy atom. The molecule has 2 N–H and O–H groups in total. The largest absolute Gasteiger partial charge is 0.464 e. The van der Waals surface area contributed by atoms with Crippen LogP contribution in [0.3, 0.4) is 0 Å². The van der Waals surface area contributed by atoms with Crippen molar-refractivity contribution in [3.05, 3.63) is 23.6 Å². The fourth-order valence-corrected chi connectivity index (χ4v) is 2.09. The molecule has 98 valence electrons. The smallest absolute Gasteiger partial charge is 0.142 e. The highest BCUT2D eigenvalue weighted by atomic mass is 16.3. The van der Waals surface area contributed by atoms with E-state index in [4.69, 9.17) is 10.2 Å². The van der Waals surface area contributed by atoms with E-state index in [1.165, 1.54) is 0 Å². The number of anilines is 1. The maximum atomic E-state index is 5.98. The Morgan fingerprint density at radius 3 is 2.72 bits per heavy atom. The third-order valence-electron chi connectivity index (χ3n) is 3.18. The Kier molecular flexibility index (Phi) is 3.57. The summed E-state index contributed by atoms with van der Waals surface area (Å²) in [6, 6.07) is 0. The molecule has 0 aliphatic heterocycles. The molecule has 0 spiro atoms. The monoisotopic (exact) mass is 247 g/mol. The first-order valence-corrected chi connectivity index (χ1v) is 6.30. The van der Waals surface area contributed by atoms with Crippen molar-refractivity contribution >= 4 is 16.8 Å². The molecule has 4 nitrogen and oxygen atoms in total. The lowest BCUT2D eigenvalue weighted by atomic mass is 10.0. The number of aromatic nitrogens is 1. The number of hydrogen-bond donors (Lipinski definition) is 1. The van der Waals surface area contributed by atoms with Crippen molar-refractivity contribution in [2.24, 2.45) is 0 Å². The minimum atomic E-state index is 0.388. The number of likely N-dealkylation sites (N-methyl/N-ethyl adjacent to an activating group) is 1. The molecule has 2 aromatic rings. The SMILES string of the molecule is CC(C)c1coc2c(CCN(C)C)cnc(N)c12. The predicted molar refractivity (Wildman–Crippen MR) is 74.8 cm³/mol. The molecular weight excluding hydrogens is 226 g/mol. The summed E-state index contributed by atoms with van der Waals surface area (Å²) < 4.78 is 5.72. The number of pyridine rings is 1. The standard InChI is InChI=1S/C14H21N3O/c1-9(2)11-8-18-13-10(5-6-17(3)4)7-16-14(15)12(11)13/h7-9H,5-6H2,1-4H3,(H2,15,16). The molecule has 0 atom stereocenters. The number of rotatable bonds is 4. The van der Waals surface area contributed by atoms with Gasteiger partial charge >= 0.3 is 0 Å². The van der Waals surface area contributed by atoms with Crippen LogP contribution in [0.4, 0.5) is 5.82 Å². The van der Waals surface area contributed by atoms with Crippen molar-refractivity contribution in [1.82, 2.24) is 9.88 Å². The van der Waals surface area contributed by atoms with Gasteiger partial charge in [-0.1, -0.05) is 13.8 Å². The van der Waals surface area contributed by atoms with Gasteiger partial charge in [-0.25, -0.2) is 4.98 Å². The second-order valence-electron chi connectivity index (χ2n) is 5.27. The molecule has 0 aliphatic rings. The van der Waals surface area contributed by atoms with Crippen LogP contribution in [-0.4, -0.2) is 30.5 Å². The van der Waals surface area contributed by atoms with Gasteiger partial charge in [0.2, 0.25) is 0 Å².